The van der Waals surface area contributed by atoms with Crippen molar-refractivity contribution in [3.8, 4) is 0 Å². The molecule has 1 aromatic heterocycles. The molecule has 2 heterocycles. The van der Waals surface area contributed by atoms with Gasteiger partial charge in [0.2, 0.25) is 5.89 Å². The van der Waals surface area contributed by atoms with E-state index in [9.17, 15) is 4.79 Å². The van der Waals surface area contributed by atoms with Crippen LogP contribution < -0.4 is 0 Å². The lowest BCUT2D eigenvalue weighted by atomic mass is 9.79. The summed E-state index contributed by atoms with van der Waals surface area (Å²) in [7, 11) is -2.50. The largest absolute Gasteiger partial charge is 0.464 e. The summed E-state index contributed by atoms with van der Waals surface area (Å²) in [5, 5.41) is 0.124. The molecule has 4 atom stereocenters. The van der Waals surface area contributed by atoms with E-state index in [0.29, 0.717) is 5.89 Å². The van der Waals surface area contributed by atoms with Crippen molar-refractivity contribution in [2.75, 3.05) is 7.11 Å². The summed E-state index contributed by atoms with van der Waals surface area (Å²) < 4.78 is 29.4. The number of ether oxygens (including phenoxy) is 2. The van der Waals surface area contributed by atoms with Gasteiger partial charge in [-0.3, -0.25) is 0 Å². The van der Waals surface area contributed by atoms with Crippen LogP contribution in [0, 0.1) is 5.41 Å². The van der Waals surface area contributed by atoms with Gasteiger partial charge in [0.25, 0.3) is 0 Å². The maximum Gasteiger partial charge on any atom is 0.360 e. The third kappa shape index (κ3) is 10.1. The van der Waals surface area contributed by atoms with E-state index in [4.69, 9.17) is 18.0 Å². The molecule has 1 aromatic rings. The summed E-state index contributed by atoms with van der Waals surface area (Å²) in [6.45, 7) is 24.8. The van der Waals surface area contributed by atoms with Crippen LogP contribution in [0.4, 0.5) is 0 Å². The van der Waals surface area contributed by atoms with Crippen LogP contribution >= 0.6 is 0 Å². The minimum atomic E-state index is -1.99. The van der Waals surface area contributed by atoms with E-state index in [1.807, 2.05) is 12.2 Å². The van der Waals surface area contributed by atoms with Crippen LogP contribution in [0.1, 0.15) is 64.3 Å². The van der Waals surface area contributed by atoms with Crippen LogP contribution in [0.3, 0.4) is 0 Å². The van der Waals surface area contributed by atoms with Crippen LogP contribution in [-0.2, 0) is 18.3 Å². The SMILES string of the molecule is C/C=C/[C@H](O[Si](C)(C)C(C)(C)C)C(C)(C)[C@H](C/C=C\C1OC1/C=C/C=C\c1nc(C(=O)OC)co1)O[Si](C)(C)C. The second-order valence-electron chi connectivity index (χ2n) is 13.4. The molecule has 0 aromatic carbocycles. The molecular formula is C31H51NO6Si2. The van der Waals surface area contributed by atoms with E-state index in [1.54, 1.807) is 12.2 Å². The van der Waals surface area contributed by atoms with Gasteiger partial charge in [-0.05, 0) is 51.1 Å². The maximum absolute atomic E-state index is 11.5. The van der Waals surface area contributed by atoms with Crippen LogP contribution in [-0.4, -0.2) is 59.1 Å². The molecule has 9 heteroatoms. The highest BCUT2D eigenvalue weighted by molar-refractivity contribution is 6.74. The smallest absolute Gasteiger partial charge is 0.360 e. The number of oxazole rings is 1. The number of nitrogens with zero attached hydrogens (tertiary/aromatic N) is 1. The second kappa shape index (κ2) is 13.7. The Morgan fingerprint density at radius 2 is 1.70 bits per heavy atom. The van der Waals surface area contributed by atoms with Gasteiger partial charge in [0.15, 0.2) is 22.3 Å². The molecule has 0 bridgehead atoms. The molecule has 0 saturated carbocycles. The van der Waals surface area contributed by atoms with Crippen molar-refractivity contribution in [3.63, 3.8) is 0 Å². The Labute approximate surface area is 244 Å². The fraction of sp³-hybridized carbons (Fsp3) is 0.613. The van der Waals surface area contributed by atoms with E-state index in [1.165, 1.54) is 13.4 Å². The normalized spacial score (nSPS) is 20.7. The van der Waals surface area contributed by atoms with Gasteiger partial charge in [-0.2, -0.15) is 0 Å². The lowest BCUT2D eigenvalue weighted by molar-refractivity contribution is -0.00789. The van der Waals surface area contributed by atoms with Crippen LogP contribution in [0.5, 0.6) is 0 Å². The van der Waals surface area contributed by atoms with Gasteiger partial charge in [-0.1, -0.05) is 77.2 Å². The number of methoxy groups -OCH3 is 1. The van der Waals surface area contributed by atoms with Crippen molar-refractivity contribution < 1.29 is 27.5 Å². The highest BCUT2D eigenvalue weighted by Crippen LogP contribution is 2.42. The lowest BCUT2D eigenvalue weighted by Gasteiger charge is -2.47. The van der Waals surface area contributed by atoms with Crippen LogP contribution in [0.15, 0.2) is 53.2 Å². The molecule has 224 valence electrons. The minimum absolute atomic E-state index is 0.00716. The lowest BCUT2D eigenvalue weighted by Crippen LogP contribution is -2.52. The first-order chi connectivity index (χ1) is 18.4. The van der Waals surface area contributed by atoms with Crippen molar-refractivity contribution in [1.29, 1.82) is 0 Å². The summed E-state index contributed by atoms with van der Waals surface area (Å²) in [6.07, 6.45) is 18.1. The average molecular weight is 590 g/mol. The molecule has 1 saturated heterocycles. The third-order valence-corrected chi connectivity index (χ3v) is 12.9. The Kier molecular flexibility index (Phi) is 11.7. The zero-order valence-electron chi connectivity index (χ0n) is 26.6. The molecule has 0 amide bonds. The third-order valence-electron chi connectivity index (χ3n) is 7.46. The van der Waals surface area contributed by atoms with Gasteiger partial charge < -0.3 is 22.7 Å². The van der Waals surface area contributed by atoms with Crippen molar-refractivity contribution in [2.45, 2.75) is 110 Å². The van der Waals surface area contributed by atoms with E-state index in [-0.39, 0.29) is 40.6 Å². The fourth-order valence-electron chi connectivity index (χ4n) is 3.88. The quantitative estimate of drug-likeness (QED) is 0.0715. The van der Waals surface area contributed by atoms with Gasteiger partial charge in [0, 0.05) is 11.5 Å². The summed E-state index contributed by atoms with van der Waals surface area (Å²) in [5.41, 5.74) is -0.0839. The zero-order chi connectivity index (χ0) is 30.4. The number of hydrogen-bond donors (Lipinski definition) is 0. The summed E-state index contributed by atoms with van der Waals surface area (Å²) >= 11 is 0. The summed E-state index contributed by atoms with van der Waals surface area (Å²) in [4.78, 5) is 15.5. The molecule has 7 nitrogen and oxygen atoms in total. The molecular weight excluding hydrogens is 539 g/mol. The highest BCUT2D eigenvalue weighted by Gasteiger charge is 2.45. The van der Waals surface area contributed by atoms with Gasteiger partial charge in [-0.15, -0.1) is 0 Å². The van der Waals surface area contributed by atoms with Crippen LogP contribution in [0.2, 0.25) is 37.8 Å². The second-order valence-corrected chi connectivity index (χ2v) is 22.6. The first-order valence-electron chi connectivity index (χ1n) is 14.1. The molecule has 0 N–H and O–H groups in total. The number of hydrogen-bond acceptors (Lipinski definition) is 7. The van der Waals surface area contributed by atoms with Crippen molar-refractivity contribution in [2.24, 2.45) is 5.41 Å². The topological polar surface area (TPSA) is 83.3 Å². The molecule has 0 aliphatic carbocycles. The van der Waals surface area contributed by atoms with Gasteiger partial charge in [-0.25, -0.2) is 9.78 Å². The zero-order valence-corrected chi connectivity index (χ0v) is 28.6. The Bertz CT molecular complexity index is 1090. The predicted molar refractivity (Wildman–Crippen MR) is 167 cm³/mol. The standard InChI is InChI=1S/C31H51NO6Si2/c1-13-17-26(38-40(11,12)30(2,3)4)31(5,6)27(37-39(8,9)10)20-16-19-25-24(36-25)18-14-15-21-28-32-23(22-35-28)29(33)34-7/h13-19,21-22,24-27H,20H2,1-12H3/b17-13+,18-14+,19-16-,21-15-/t24?,25?,26-,27-/m0/s1. The van der Waals surface area contributed by atoms with Gasteiger partial charge in [0.05, 0.1) is 19.3 Å². The van der Waals surface area contributed by atoms with E-state index < -0.39 is 22.6 Å². The van der Waals surface area contributed by atoms with Gasteiger partial charge >= 0.3 is 5.97 Å². The molecule has 1 aliphatic rings. The molecule has 2 unspecified atom stereocenters. The molecule has 0 spiro atoms. The Balaban J connectivity index is 2.05. The maximum atomic E-state index is 11.5. The number of epoxide rings is 1. The monoisotopic (exact) mass is 589 g/mol. The number of rotatable bonds is 14. The highest BCUT2D eigenvalue weighted by atomic mass is 28.4. The average Bonchev–Trinajstić information content (AvgIpc) is 3.40. The number of carbonyl (C=O) groups excluding carboxylic acids is 1. The first-order valence-corrected chi connectivity index (χ1v) is 20.4. The van der Waals surface area contributed by atoms with Crippen molar-refractivity contribution >= 4 is 28.7 Å². The van der Waals surface area contributed by atoms with E-state index >= 15 is 0 Å². The number of allylic oxidation sites excluding steroid dienone is 3. The fourth-order valence-corrected chi connectivity index (χ4v) is 6.50. The van der Waals surface area contributed by atoms with E-state index in [2.05, 4.69) is 108 Å². The molecule has 40 heavy (non-hydrogen) atoms. The summed E-state index contributed by atoms with van der Waals surface area (Å²) in [5.74, 6) is -0.190. The Hall–Kier alpha value is -2.05. The Morgan fingerprint density at radius 1 is 1.05 bits per heavy atom. The number of carbonyl (C=O) groups is 1. The van der Waals surface area contributed by atoms with Crippen molar-refractivity contribution in [3.05, 3.63) is 60.4 Å². The molecule has 1 aliphatic heterocycles. The molecule has 1 fully saturated rings. The first kappa shape index (κ1) is 34.2. The molecule has 0 radical (unpaired) electrons. The summed E-state index contributed by atoms with van der Waals surface area (Å²) in [6, 6.07) is 0. The number of aromatic nitrogens is 1. The predicted octanol–water partition coefficient (Wildman–Crippen LogP) is 7.96. The van der Waals surface area contributed by atoms with Crippen LogP contribution in [0.25, 0.3) is 6.08 Å². The van der Waals surface area contributed by atoms with Crippen molar-refractivity contribution in [1.82, 2.24) is 4.98 Å². The Morgan fingerprint density at radius 3 is 2.27 bits per heavy atom. The molecule has 2 rings (SSSR count). The van der Waals surface area contributed by atoms with Gasteiger partial charge in [0.1, 0.15) is 18.5 Å². The number of esters is 1. The minimum Gasteiger partial charge on any atom is -0.464 e. The van der Waals surface area contributed by atoms with E-state index in [0.717, 1.165) is 6.42 Å².